The fourth-order valence-corrected chi connectivity index (χ4v) is 2.84. The molecule has 111 valence electrons. The van der Waals surface area contributed by atoms with E-state index in [1.165, 1.54) is 0 Å². The van der Waals surface area contributed by atoms with Crippen LogP contribution in [-0.2, 0) is 16.4 Å². The van der Waals surface area contributed by atoms with Gasteiger partial charge in [-0.1, -0.05) is 6.07 Å². The zero-order valence-corrected chi connectivity index (χ0v) is 12.9. The smallest absolute Gasteiger partial charge is 0.229 e. The molecule has 6 heteroatoms. The van der Waals surface area contributed by atoms with E-state index in [9.17, 15) is 8.42 Å². The molecule has 0 atom stereocenters. The Balaban J connectivity index is 1.88. The van der Waals surface area contributed by atoms with Gasteiger partial charge in [-0.25, -0.2) is 8.42 Å². The van der Waals surface area contributed by atoms with Crippen LogP contribution in [0, 0.1) is 6.07 Å². The second-order valence-electron chi connectivity index (χ2n) is 5.40. The molecule has 0 aliphatic carbocycles. The highest BCUT2D eigenvalue weighted by atomic mass is 32.2. The Morgan fingerprint density at radius 2 is 1.95 bits per heavy atom. The van der Waals surface area contributed by atoms with Gasteiger partial charge < -0.3 is 9.80 Å². The van der Waals surface area contributed by atoms with E-state index in [-0.39, 0.29) is 0 Å². The average Bonchev–Trinajstić information content (AvgIpc) is 2.36. The number of nitrogens with zero attached hydrogens (tertiary/aromatic N) is 2. The second-order valence-corrected chi connectivity index (χ2v) is 7.15. The van der Waals surface area contributed by atoms with E-state index in [2.05, 4.69) is 27.6 Å². The normalized spacial score (nSPS) is 18.1. The van der Waals surface area contributed by atoms with Crippen LogP contribution in [0.3, 0.4) is 0 Å². The summed E-state index contributed by atoms with van der Waals surface area (Å²) < 4.78 is 24.9. The third-order valence-corrected chi connectivity index (χ3v) is 4.07. The summed E-state index contributed by atoms with van der Waals surface area (Å²) in [7, 11) is -1.08. The molecule has 0 saturated carbocycles. The van der Waals surface area contributed by atoms with Gasteiger partial charge in [0.05, 0.1) is 6.26 Å². The minimum atomic E-state index is -3.22. The van der Waals surface area contributed by atoms with Gasteiger partial charge in [0.15, 0.2) is 0 Å². The maximum absolute atomic E-state index is 11.2. The van der Waals surface area contributed by atoms with Gasteiger partial charge >= 0.3 is 0 Å². The molecule has 1 fully saturated rings. The van der Waals surface area contributed by atoms with E-state index < -0.39 is 10.0 Å². The number of likely N-dealkylation sites (N-methyl/N-ethyl adjacent to an activating group) is 1. The lowest BCUT2D eigenvalue weighted by Crippen LogP contribution is -2.45. The first-order valence-corrected chi connectivity index (χ1v) is 8.70. The highest BCUT2D eigenvalue weighted by Gasteiger charge is 2.13. The Hall–Kier alpha value is -1.11. The Morgan fingerprint density at radius 3 is 2.60 bits per heavy atom. The summed E-state index contributed by atoms with van der Waals surface area (Å²) in [6.07, 6.45) is 2.07. The lowest BCUT2D eigenvalue weighted by Gasteiger charge is -2.32. The quantitative estimate of drug-likeness (QED) is 0.867. The number of benzene rings is 1. The fraction of sp³-hybridized carbons (Fsp3) is 0.571. The zero-order valence-electron chi connectivity index (χ0n) is 12.1. The van der Waals surface area contributed by atoms with Crippen molar-refractivity contribution < 1.29 is 8.42 Å². The number of sulfonamides is 1. The van der Waals surface area contributed by atoms with Crippen molar-refractivity contribution in [3.63, 3.8) is 0 Å². The second kappa shape index (κ2) is 6.56. The molecule has 0 unspecified atom stereocenters. The van der Waals surface area contributed by atoms with E-state index in [1.807, 2.05) is 12.1 Å². The summed E-state index contributed by atoms with van der Waals surface area (Å²) in [5.41, 5.74) is 1.70. The van der Waals surface area contributed by atoms with E-state index in [1.54, 1.807) is 6.07 Å². The molecular weight excluding hydrogens is 274 g/mol. The molecule has 1 aliphatic rings. The van der Waals surface area contributed by atoms with Gasteiger partial charge in [-0.15, -0.1) is 0 Å². The van der Waals surface area contributed by atoms with Crippen molar-refractivity contribution in [1.82, 2.24) is 9.80 Å². The molecule has 1 saturated heterocycles. The summed E-state index contributed by atoms with van der Waals surface area (Å²) in [6, 6.07) is 8.45. The molecule has 1 heterocycles. The average molecular weight is 296 g/mol. The van der Waals surface area contributed by atoms with Crippen molar-refractivity contribution in [2.24, 2.45) is 0 Å². The lowest BCUT2D eigenvalue weighted by molar-refractivity contribution is 0.155. The first kappa shape index (κ1) is 15.3. The van der Waals surface area contributed by atoms with Crippen LogP contribution in [0.2, 0.25) is 0 Å². The lowest BCUT2D eigenvalue weighted by atomic mass is 10.1. The summed E-state index contributed by atoms with van der Waals surface area (Å²) >= 11 is 0. The van der Waals surface area contributed by atoms with Crippen molar-refractivity contribution in [3.05, 3.63) is 29.8 Å². The molecule has 2 rings (SSSR count). The summed E-state index contributed by atoms with van der Waals surface area (Å²) in [5.74, 6) is 0. The molecule has 0 amide bonds. The summed E-state index contributed by atoms with van der Waals surface area (Å²) in [5, 5.41) is 0. The third-order valence-electron chi connectivity index (χ3n) is 3.46. The Bertz CT molecular complexity index is 537. The molecule has 20 heavy (non-hydrogen) atoms. The third kappa shape index (κ3) is 5.11. The molecule has 0 aromatic heterocycles. The standard InChI is InChI=1S/C14H22N3O2S/c1-16-8-10-17(11-9-16)7-6-13-4-3-5-14(12-13)15-20(2,18)19/h4-5,12,15H,6-11H2,1-2H3. The predicted octanol–water partition coefficient (Wildman–Crippen LogP) is 0.648. The molecule has 0 spiro atoms. The van der Waals surface area contributed by atoms with Crippen molar-refractivity contribution in [3.8, 4) is 0 Å². The summed E-state index contributed by atoms with van der Waals surface area (Å²) in [6.45, 7) is 5.43. The van der Waals surface area contributed by atoms with Gasteiger partial charge in [0.2, 0.25) is 10.0 Å². The van der Waals surface area contributed by atoms with Crippen LogP contribution in [0.4, 0.5) is 5.69 Å². The van der Waals surface area contributed by atoms with E-state index >= 15 is 0 Å². The zero-order chi connectivity index (χ0) is 14.6. The summed E-state index contributed by atoms with van der Waals surface area (Å²) in [4.78, 5) is 4.78. The van der Waals surface area contributed by atoms with Crippen LogP contribution in [0.15, 0.2) is 18.2 Å². The number of nitrogens with one attached hydrogen (secondary N) is 1. The van der Waals surface area contributed by atoms with Gasteiger partial charge in [0.1, 0.15) is 0 Å². The van der Waals surface area contributed by atoms with E-state index in [0.29, 0.717) is 5.69 Å². The molecule has 1 aromatic rings. The number of hydrogen-bond acceptors (Lipinski definition) is 4. The Morgan fingerprint density at radius 1 is 1.25 bits per heavy atom. The SMILES string of the molecule is CN1CCN(CCc2c[c]cc(NS(C)(=O)=O)c2)CC1. The molecule has 5 nitrogen and oxygen atoms in total. The molecular formula is C14H22N3O2S. The van der Waals surface area contributed by atoms with Crippen LogP contribution in [0.5, 0.6) is 0 Å². The van der Waals surface area contributed by atoms with Gasteiger partial charge in [-0.2, -0.15) is 0 Å². The highest BCUT2D eigenvalue weighted by Crippen LogP contribution is 2.12. The van der Waals surface area contributed by atoms with Crippen LogP contribution in [0.1, 0.15) is 5.56 Å². The van der Waals surface area contributed by atoms with Gasteiger partial charge in [-0.3, -0.25) is 4.72 Å². The van der Waals surface area contributed by atoms with Crippen molar-refractivity contribution in [2.75, 3.05) is 50.7 Å². The Kier molecular flexibility index (Phi) is 5.01. The number of piperazine rings is 1. The van der Waals surface area contributed by atoms with Crippen LogP contribution in [-0.4, -0.2) is 64.2 Å². The largest absolute Gasteiger partial charge is 0.304 e. The van der Waals surface area contributed by atoms with Crippen molar-refractivity contribution in [2.45, 2.75) is 6.42 Å². The first-order chi connectivity index (χ1) is 9.42. The number of rotatable bonds is 5. The molecule has 0 bridgehead atoms. The van der Waals surface area contributed by atoms with Crippen LogP contribution in [0.25, 0.3) is 0 Å². The number of anilines is 1. The monoisotopic (exact) mass is 296 g/mol. The molecule has 1 radical (unpaired) electrons. The van der Waals surface area contributed by atoms with Crippen LogP contribution < -0.4 is 4.72 Å². The maximum Gasteiger partial charge on any atom is 0.229 e. The van der Waals surface area contributed by atoms with Gasteiger partial charge in [0.25, 0.3) is 0 Å². The fourth-order valence-electron chi connectivity index (χ4n) is 2.30. The minimum Gasteiger partial charge on any atom is -0.304 e. The minimum absolute atomic E-state index is 0.586. The highest BCUT2D eigenvalue weighted by molar-refractivity contribution is 7.92. The van der Waals surface area contributed by atoms with Gasteiger partial charge in [0, 0.05) is 38.4 Å². The Labute approximate surface area is 121 Å². The van der Waals surface area contributed by atoms with E-state index in [4.69, 9.17) is 0 Å². The van der Waals surface area contributed by atoms with Crippen molar-refractivity contribution >= 4 is 15.7 Å². The number of hydrogen-bond donors (Lipinski definition) is 1. The topological polar surface area (TPSA) is 52.6 Å². The maximum atomic E-state index is 11.2. The predicted molar refractivity (Wildman–Crippen MR) is 81.4 cm³/mol. The van der Waals surface area contributed by atoms with E-state index in [0.717, 1.165) is 51.0 Å². The first-order valence-electron chi connectivity index (χ1n) is 6.81. The van der Waals surface area contributed by atoms with Gasteiger partial charge in [-0.05, 0) is 37.2 Å². The van der Waals surface area contributed by atoms with Crippen LogP contribution >= 0.6 is 0 Å². The van der Waals surface area contributed by atoms with Crippen molar-refractivity contribution in [1.29, 1.82) is 0 Å². The molecule has 1 aromatic carbocycles. The molecule has 1 N–H and O–H groups in total. The molecule has 1 aliphatic heterocycles.